The molecule has 24 heavy (non-hydrogen) atoms. The van der Waals surface area contributed by atoms with Crippen LogP contribution in [0.5, 0.6) is 0 Å². The fourth-order valence-corrected chi connectivity index (χ4v) is 3.20. The summed E-state index contributed by atoms with van der Waals surface area (Å²) in [7, 11) is 0. The van der Waals surface area contributed by atoms with Gasteiger partial charge in [-0.2, -0.15) is 6.07 Å². The summed E-state index contributed by atoms with van der Waals surface area (Å²) in [4.78, 5) is 0. The Hall–Kier alpha value is -1.02. The van der Waals surface area contributed by atoms with Crippen LogP contribution in [0.4, 0.5) is 0 Å². The van der Waals surface area contributed by atoms with Gasteiger partial charge >= 0.3 is 0 Å². The van der Waals surface area contributed by atoms with Crippen LogP contribution in [0, 0.1) is 0 Å². The van der Waals surface area contributed by atoms with E-state index < -0.39 is 0 Å². The van der Waals surface area contributed by atoms with Gasteiger partial charge in [-0.3, -0.25) is 0 Å². The summed E-state index contributed by atoms with van der Waals surface area (Å²) in [6, 6.07) is 26.5. The van der Waals surface area contributed by atoms with E-state index >= 15 is 0 Å². The van der Waals surface area contributed by atoms with Crippen LogP contribution in [0.25, 0.3) is 32.7 Å². The van der Waals surface area contributed by atoms with Gasteiger partial charge in [-0.05, 0) is 22.8 Å². The van der Waals surface area contributed by atoms with Gasteiger partial charge in [0.05, 0.1) is 0 Å². The minimum absolute atomic E-state index is 0. The maximum Gasteiger partial charge on any atom is 0 e. The van der Waals surface area contributed by atoms with Crippen LogP contribution < -0.4 is 24.8 Å². The predicted molar refractivity (Wildman–Crippen MR) is 91.9 cm³/mol. The number of hydrogen-bond acceptors (Lipinski definition) is 0. The number of aryl methyl sites for hydroxylation is 1. The van der Waals surface area contributed by atoms with Crippen LogP contribution in [0.15, 0.2) is 72.8 Å². The molecule has 0 fully saturated rings. The molecule has 0 amide bonds. The third-order valence-electron chi connectivity index (χ3n) is 4.30. The molecule has 0 aliphatic heterocycles. The summed E-state index contributed by atoms with van der Waals surface area (Å²) < 4.78 is 0. The van der Waals surface area contributed by atoms with Gasteiger partial charge in [-0.25, -0.2) is 0 Å². The largest absolute Gasteiger partial charge is 1.00 e. The second-order valence-electron chi connectivity index (χ2n) is 5.55. The van der Waals surface area contributed by atoms with Gasteiger partial charge < -0.3 is 24.8 Å². The Kier molecular flexibility index (Phi) is 7.79. The Bertz CT molecular complexity index is 936. The molecular weight excluding hydrogens is 502 g/mol. The van der Waals surface area contributed by atoms with E-state index in [4.69, 9.17) is 0 Å². The Labute approximate surface area is 174 Å². The molecule has 4 aromatic rings. The Morgan fingerprint density at radius 2 is 1.38 bits per heavy atom. The van der Waals surface area contributed by atoms with Crippen molar-refractivity contribution in [3.63, 3.8) is 0 Å². The number of halogens is 2. The second kappa shape index (κ2) is 8.89. The minimum atomic E-state index is 0. The average molecular weight is 519 g/mol. The van der Waals surface area contributed by atoms with Gasteiger partial charge in [0.2, 0.25) is 0 Å². The van der Waals surface area contributed by atoms with Gasteiger partial charge in [-0.15, -0.1) is 34.5 Å². The predicted octanol–water partition coefficient (Wildman–Crippen LogP) is -0.0532. The molecule has 0 aliphatic rings. The van der Waals surface area contributed by atoms with E-state index in [0.717, 1.165) is 6.42 Å². The molecule has 0 radical (unpaired) electrons. The molecule has 4 rings (SSSR count). The van der Waals surface area contributed by atoms with Gasteiger partial charge in [0, 0.05) is 25.8 Å². The van der Waals surface area contributed by atoms with Crippen LogP contribution in [-0.4, -0.2) is 0 Å². The Balaban J connectivity index is 0.000000960. The third kappa shape index (κ3) is 3.64. The fourth-order valence-electron chi connectivity index (χ4n) is 3.20. The van der Waals surface area contributed by atoms with Crippen LogP contribution in [-0.2, 0) is 32.3 Å². The van der Waals surface area contributed by atoms with Crippen LogP contribution in [0.3, 0.4) is 0 Å². The maximum atomic E-state index is 2.34. The normalized spacial score (nSPS) is 9.88. The zero-order valence-electron chi connectivity index (χ0n) is 13.4. The summed E-state index contributed by atoms with van der Waals surface area (Å²) in [6.45, 7) is 2.21. The molecule has 0 heterocycles. The fraction of sp³-hybridized carbons (Fsp3) is 0.0952. The molecule has 0 nitrogen and oxygen atoms in total. The molecule has 4 aromatic carbocycles. The molecule has 0 bridgehead atoms. The van der Waals surface area contributed by atoms with E-state index in [1.807, 2.05) is 0 Å². The van der Waals surface area contributed by atoms with Crippen molar-refractivity contribution < 1.29 is 50.7 Å². The molecule has 0 saturated heterocycles. The number of hydrogen-bond donors (Lipinski definition) is 0. The Morgan fingerprint density at radius 3 is 2.12 bits per heavy atom. The maximum absolute atomic E-state index is 2.34. The van der Waals surface area contributed by atoms with Crippen molar-refractivity contribution in [1.82, 2.24) is 0 Å². The zero-order chi connectivity index (χ0) is 14.2. The van der Waals surface area contributed by atoms with Crippen LogP contribution in [0.1, 0.15) is 12.5 Å². The summed E-state index contributed by atoms with van der Waals surface area (Å²) >= 11 is 0. The first kappa shape index (κ1) is 21.0. The number of rotatable bonds is 2. The average Bonchev–Trinajstić information content (AvgIpc) is 2.97. The standard InChI is InChI=1S/C21H17.2ClH.Hf/c1-2-15-13-17-9-6-12-20(21(17)14-15)19-11-5-8-16-7-3-4-10-18(16)19;;;/h3-14H,2H2,1H3;2*1H;/q-1;;;/p-2. The van der Waals surface area contributed by atoms with Crippen molar-refractivity contribution >= 4 is 21.5 Å². The molecule has 0 saturated carbocycles. The first-order chi connectivity index (χ1) is 10.4. The monoisotopic (exact) mass is 519 g/mol. The summed E-state index contributed by atoms with van der Waals surface area (Å²) in [5.41, 5.74) is 4.08. The van der Waals surface area contributed by atoms with E-state index in [9.17, 15) is 0 Å². The van der Waals surface area contributed by atoms with Gasteiger partial charge in [-0.1, -0.05) is 61.0 Å². The zero-order valence-corrected chi connectivity index (χ0v) is 18.5. The molecule has 0 N–H and O–H groups in total. The first-order valence-electron chi connectivity index (χ1n) is 7.53. The van der Waals surface area contributed by atoms with E-state index in [-0.39, 0.29) is 50.7 Å². The van der Waals surface area contributed by atoms with Gasteiger partial charge in [0.15, 0.2) is 0 Å². The van der Waals surface area contributed by atoms with Crippen LogP contribution in [0.2, 0.25) is 0 Å². The van der Waals surface area contributed by atoms with E-state index in [0.29, 0.717) is 0 Å². The molecule has 3 heteroatoms. The van der Waals surface area contributed by atoms with Crippen molar-refractivity contribution in [3.8, 4) is 11.1 Å². The third-order valence-corrected chi connectivity index (χ3v) is 4.30. The van der Waals surface area contributed by atoms with E-state index in [1.54, 1.807) is 0 Å². The Morgan fingerprint density at radius 1 is 0.750 bits per heavy atom. The van der Waals surface area contributed by atoms with E-state index in [2.05, 4.69) is 79.7 Å². The summed E-state index contributed by atoms with van der Waals surface area (Å²) in [6.07, 6.45) is 1.09. The number of fused-ring (bicyclic) bond motifs is 2. The molecule has 0 unspecified atom stereocenters. The first-order valence-corrected chi connectivity index (χ1v) is 7.53. The molecule has 0 spiro atoms. The summed E-state index contributed by atoms with van der Waals surface area (Å²) in [5, 5.41) is 5.34. The van der Waals surface area contributed by atoms with Crippen molar-refractivity contribution in [1.29, 1.82) is 0 Å². The molecular formula is C21H17Cl2Hf-3. The molecule has 0 atom stereocenters. The van der Waals surface area contributed by atoms with Crippen molar-refractivity contribution in [2.45, 2.75) is 13.3 Å². The van der Waals surface area contributed by atoms with Crippen molar-refractivity contribution in [2.24, 2.45) is 0 Å². The summed E-state index contributed by atoms with van der Waals surface area (Å²) in [5.74, 6) is 0. The van der Waals surface area contributed by atoms with Crippen molar-refractivity contribution in [2.75, 3.05) is 0 Å². The molecule has 0 aromatic heterocycles. The van der Waals surface area contributed by atoms with Crippen LogP contribution >= 0.6 is 0 Å². The molecule has 0 aliphatic carbocycles. The topological polar surface area (TPSA) is 0 Å². The van der Waals surface area contributed by atoms with Crippen molar-refractivity contribution in [3.05, 3.63) is 78.4 Å². The second-order valence-corrected chi connectivity index (χ2v) is 5.55. The van der Waals surface area contributed by atoms with Gasteiger partial charge in [0.25, 0.3) is 0 Å². The molecule has 122 valence electrons. The number of benzene rings is 3. The van der Waals surface area contributed by atoms with Gasteiger partial charge in [0.1, 0.15) is 0 Å². The minimum Gasteiger partial charge on any atom is -1.00 e. The SMILES string of the molecule is CCc1cc2c(-c3cccc4ccccc34)cccc2[cH-]1.[Cl-].[Cl-].[Hf]. The smallest absolute Gasteiger partial charge is 0 e. The van der Waals surface area contributed by atoms with E-state index in [1.165, 1.54) is 38.2 Å². The quantitative estimate of drug-likeness (QED) is 0.258.